The fourth-order valence-electron chi connectivity index (χ4n) is 1.48. The summed E-state index contributed by atoms with van der Waals surface area (Å²) in [6, 6.07) is 5.59. The van der Waals surface area contributed by atoms with Gasteiger partial charge in [0.05, 0.1) is 10.8 Å². The Labute approximate surface area is 100 Å². The number of hydrogen-bond acceptors (Lipinski definition) is 3. The van der Waals surface area contributed by atoms with E-state index in [0.717, 1.165) is 23.4 Å². The van der Waals surface area contributed by atoms with Gasteiger partial charge in [0.25, 0.3) is 0 Å². The summed E-state index contributed by atoms with van der Waals surface area (Å²) in [5, 5.41) is 0. The van der Waals surface area contributed by atoms with E-state index in [9.17, 15) is 4.21 Å². The molecule has 1 aromatic rings. The second kappa shape index (κ2) is 6.01. The molecule has 0 saturated carbocycles. The fourth-order valence-corrected chi connectivity index (χ4v) is 2.79. The van der Waals surface area contributed by atoms with E-state index in [1.807, 2.05) is 39.2 Å². The molecule has 1 rings (SSSR count). The van der Waals surface area contributed by atoms with Crippen LogP contribution in [0.2, 0.25) is 0 Å². The maximum atomic E-state index is 12.0. The summed E-state index contributed by atoms with van der Waals surface area (Å²) >= 11 is 0. The van der Waals surface area contributed by atoms with Crippen molar-refractivity contribution in [2.45, 2.75) is 18.2 Å². The lowest BCUT2D eigenvalue weighted by Gasteiger charge is -2.10. The topological polar surface area (TPSA) is 46.3 Å². The molecule has 0 saturated heterocycles. The molecule has 0 aliphatic carbocycles. The first kappa shape index (κ1) is 13.2. The fraction of sp³-hybridized carbons (Fsp3) is 0.500. The predicted molar refractivity (Wildman–Crippen MR) is 70.0 cm³/mol. The molecule has 16 heavy (non-hydrogen) atoms. The Morgan fingerprint density at radius 2 is 2.06 bits per heavy atom. The SMILES string of the molecule is Cc1ccc(N)cc1S(=O)CCCN(C)C. The molecule has 2 N–H and O–H groups in total. The van der Waals surface area contributed by atoms with Crippen molar-refractivity contribution in [1.82, 2.24) is 4.90 Å². The van der Waals surface area contributed by atoms with Crippen LogP contribution in [0.1, 0.15) is 12.0 Å². The van der Waals surface area contributed by atoms with Gasteiger partial charge in [0, 0.05) is 16.3 Å². The number of anilines is 1. The highest BCUT2D eigenvalue weighted by atomic mass is 32.2. The largest absolute Gasteiger partial charge is 0.399 e. The number of hydrogen-bond donors (Lipinski definition) is 1. The molecule has 0 aliphatic rings. The van der Waals surface area contributed by atoms with Gasteiger partial charge in [0.1, 0.15) is 0 Å². The molecule has 0 spiro atoms. The van der Waals surface area contributed by atoms with Gasteiger partial charge in [-0.05, 0) is 51.7 Å². The van der Waals surface area contributed by atoms with Crippen LogP contribution >= 0.6 is 0 Å². The van der Waals surface area contributed by atoms with E-state index in [1.54, 1.807) is 0 Å². The van der Waals surface area contributed by atoms with Crippen LogP contribution in [0, 0.1) is 6.92 Å². The molecule has 1 aromatic carbocycles. The lowest BCUT2D eigenvalue weighted by Crippen LogP contribution is -2.15. The molecule has 0 radical (unpaired) electrons. The summed E-state index contributed by atoms with van der Waals surface area (Å²) in [6.45, 7) is 2.94. The summed E-state index contributed by atoms with van der Waals surface area (Å²) in [6.07, 6.45) is 0.938. The quantitative estimate of drug-likeness (QED) is 0.796. The minimum Gasteiger partial charge on any atom is -0.399 e. The monoisotopic (exact) mass is 240 g/mol. The Morgan fingerprint density at radius 3 is 2.69 bits per heavy atom. The summed E-state index contributed by atoms with van der Waals surface area (Å²) in [4.78, 5) is 2.97. The number of rotatable bonds is 5. The maximum absolute atomic E-state index is 12.0. The standard InChI is InChI=1S/C12H20N2OS/c1-10-5-6-11(13)9-12(10)16(15)8-4-7-14(2)3/h5-6,9H,4,7-8,13H2,1-3H3. The van der Waals surface area contributed by atoms with E-state index in [0.29, 0.717) is 11.4 Å². The van der Waals surface area contributed by atoms with Crippen molar-refractivity contribution in [2.75, 3.05) is 32.1 Å². The summed E-state index contributed by atoms with van der Waals surface area (Å²) in [7, 11) is 3.12. The van der Waals surface area contributed by atoms with Crippen LogP contribution in [0.25, 0.3) is 0 Å². The average Bonchev–Trinajstić information content (AvgIpc) is 2.21. The predicted octanol–water partition coefficient (Wildman–Crippen LogP) is 1.64. The maximum Gasteiger partial charge on any atom is 0.0533 e. The lowest BCUT2D eigenvalue weighted by molar-refractivity contribution is 0.409. The highest BCUT2D eigenvalue weighted by Crippen LogP contribution is 2.17. The molecule has 3 nitrogen and oxygen atoms in total. The van der Waals surface area contributed by atoms with Gasteiger partial charge < -0.3 is 10.6 Å². The van der Waals surface area contributed by atoms with E-state index in [4.69, 9.17) is 5.73 Å². The third-order valence-corrected chi connectivity index (χ3v) is 3.98. The number of nitrogens with two attached hydrogens (primary N) is 1. The Hall–Kier alpha value is -0.870. The first-order valence-electron chi connectivity index (χ1n) is 5.40. The molecule has 1 atom stereocenters. The van der Waals surface area contributed by atoms with E-state index < -0.39 is 10.8 Å². The first-order valence-corrected chi connectivity index (χ1v) is 6.72. The average molecular weight is 240 g/mol. The zero-order chi connectivity index (χ0) is 12.1. The number of aryl methyl sites for hydroxylation is 1. The molecule has 0 heterocycles. The van der Waals surface area contributed by atoms with Gasteiger partial charge in [-0.1, -0.05) is 6.07 Å². The van der Waals surface area contributed by atoms with Crippen molar-refractivity contribution in [2.24, 2.45) is 0 Å². The Bertz CT molecular complexity index is 377. The first-order chi connectivity index (χ1) is 7.50. The highest BCUT2D eigenvalue weighted by molar-refractivity contribution is 7.85. The molecule has 0 fully saturated rings. The number of nitrogens with zero attached hydrogens (tertiary/aromatic N) is 1. The van der Waals surface area contributed by atoms with Gasteiger partial charge in [-0.3, -0.25) is 4.21 Å². The van der Waals surface area contributed by atoms with Crippen LogP contribution in [0.4, 0.5) is 5.69 Å². The van der Waals surface area contributed by atoms with Gasteiger partial charge >= 0.3 is 0 Å². The Morgan fingerprint density at radius 1 is 1.38 bits per heavy atom. The molecule has 1 unspecified atom stereocenters. The minimum absolute atomic E-state index is 0.682. The van der Waals surface area contributed by atoms with Crippen molar-refractivity contribution in [1.29, 1.82) is 0 Å². The third kappa shape index (κ3) is 3.94. The van der Waals surface area contributed by atoms with Crippen molar-refractivity contribution in [3.8, 4) is 0 Å². The zero-order valence-corrected chi connectivity index (χ0v) is 11.0. The number of nitrogen functional groups attached to an aromatic ring is 1. The molecule has 0 aromatic heterocycles. The highest BCUT2D eigenvalue weighted by Gasteiger charge is 2.07. The van der Waals surface area contributed by atoms with Gasteiger partial charge in [-0.25, -0.2) is 0 Å². The van der Waals surface area contributed by atoms with Crippen LogP contribution in [0.3, 0.4) is 0 Å². The molecule has 0 bridgehead atoms. The van der Waals surface area contributed by atoms with E-state index >= 15 is 0 Å². The van der Waals surface area contributed by atoms with Gasteiger partial charge in [-0.15, -0.1) is 0 Å². The van der Waals surface area contributed by atoms with Crippen molar-refractivity contribution >= 4 is 16.5 Å². The summed E-state index contributed by atoms with van der Waals surface area (Å²) in [5.41, 5.74) is 7.43. The van der Waals surface area contributed by atoms with Crippen molar-refractivity contribution in [3.63, 3.8) is 0 Å². The van der Waals surface area contributed by atoms with Gasteiger partial charge in [0.15, 0.2) is 0 Å². The number of benzene rings is 1. The molecular formula is C12H20N2OS. The second-order valence-corrected chi connectivity index (χ2v) is 5.77. The van der Waals surface area contributed by atoms with E-state index in [2.05, 4.69) is 4.90 Å². The molecule has 0 amide bonds. The summed E-state index contributed by atoms with van der Waals surface area (Å²) in [5.74, 6) is 0.697. The smallest absolute Gasteiger partial charge is 0.0533 e. The summed E-state index contributed by atoms with van der Waals surface area (Å²) < 4.78 is 12.0. The van der Waals surface area contributed by atoms with Crippen LogP contribution in [0.5, 0.6) is 0 Å². The van der Waals surface area contributed by atoms with Crippen LogP contribution < -0.4 is 5.73 Å². The third-order valence-electron chi connectivity index (χ3n) is 2.39. The molecule has 90 valence electrons. The Kier molecular flexibility index (Phi) is 4.96. The van der Waals surface area contributed by atoms with Crippen LogP contribution in [-0.4, -0.2) is 35.5 Å². The van der Waals surface area contributed by atoms with Gasteiger partial charge in [-0.2, -0.15) is 0 Å². The van der Waals surface area contributed by atoms with E-state index in [-0.39, 0.29) is 0 Å². The Balaban J connectivity index is 2.62. The normalized spacial score (nSPS) is 13.0. The van der Waals surface area contributed by atoms with Crippen molar-refractivity contribution < 1.29 is 4.21 Å². The van der Waals surface area contributed by atoms with Crippen LogP contribution in [0.15, 0.2) is 23.1 Å². The van der Waals surface area contributed by atoms with Crippen LogP contribution in [-0.2, 0) is 10.8 Å². The molecule has 0 aliphatic heterocycles. The second-order valence-electron chi connectivity index (χ2n) is 4.23. The minimum atomic E-state index is -0.928. The lowest BCUT2D eigenvalue weighted by atomic mass is 10.2. The van der Waals surface area contributed by atoms with Gasteiger partial charge in [0.2, 0.25) is 0 Å². The zero-order valence-electron chi connectivity index (χ0n) is 10.2. The molecule has 4 heteroatoms. The van der Waals surface area contributed by atoms with E-state index in [1.165, 1.54) is 0 Å². The molecular weight excluding hydrogens is 220 g/mol. The van der Waals surface area contributed by atoms with Crippen molar-refractivity contribution in [3.05, 3.63) is 23.8 Å².